The molecular formula is C19H11ClF3NO4S. The van der Waals surface area contributed by atoms with Crippen LogP contribution in [0.1, 0.15) is 20.7 Å². The number of hydrogen-bond donors (Lipinski definition) is 2. The van der Waals surface area contributed by atoms with E-state index in [4.69, 9.17) is 11.6 Å². The van der Waals surface area contributed by atoms with Crippen LogP contribution in [0.25, 0.3) is 10.4 Å². The Morgan fingerprint density at radius 3 is 2.34 bits per heavy atom. The van der Waals surface area contributed by atoms with E-state index in [1.54, 1.807) is 24.3 Å². The zero-order chi connectivity index (χ0) is 21.3. The molecule has 10 heteroatoms. The van der Waals surface area contributed by atoms with Crippen molar-refractivity contribution in [2.45, 2.75) is 0 Å². The standard InChI is InChI=1S/C19H11ClF3NO4S/c1-28-12-6-10(21)13(16(23)15(12)22)18(25)24-11-7-29-17(14(11)19(26)27)8-2-4-9(20)5-3-8/h2-7H,1H3,(H,24,25)(H,26,27). The Hall–Kier alpha value is -3.04. The number of carboxylic acids is 1. The second-order valence-electron chi connectivity index (χ2n) is 5.68. The van der Waals surface area contributed by atoms with Gasteiger partial charge in [0.2, 0.25) is 5.82 Å². The summed E-state index contributed by atoms with van der Waals surface area (Å²) in [6.45, 7) is 0. The molecule has 5 nitrogen and oxygen atoms in total. The van der Waals surface area contributed by atoms with E-state index in [2.05, 4.69) is 10.1 Å². The minimum absolute atomic E-state index is 0.188. The number of hydrogen-bond acceptors (Lipinski definition) is 4. The third-order valence-electron chi connectivity index (χ3n) is 3.93. The minimum Gasteiger partial charge on any atom is -0.493 e. The van der Waals surface area contributed by atoms with Gasteiger partial charge in [-0.1, -0.05) is 23.7 Å². The van der Waals surface area contributed by atoms with Crippen molar-refractivity contribution in [2.75, 3.05) is 12.4 Å². The average molecular weight is 442 g/mol. The number of carboxylic acid groups (broad SMARTS) is 1. The fraction of sp³-hybridized carbons (Fsp3) is 0.0526. The molecule has 0 atom stereocenters. The van der Waals surface area contributed by atoms with E-state index < -0.39 is 40.6 Å². The first-order valence-electron chi connectivity index (χ1n) is 7.88. The lowest BCUT2D eigenvalue weighted by Crippen LogP contribution is -2.18. The Bertz CT molecular complexity index is 1120. The van der Waals surface area contributed by atoms with E-state index in [1.165, 1.54) is 5.38 Å². The highest BCUT2D eigenvalue weighted by Gasteiger charge is 2.27. The molecular weight excluding hydrogens is 431 g/mol. The van der Waals surface area contributed by atoms with Gasteiger partial charge in [0.25, 0.3) is 5.91 Å². The summed E-state index contributed by atoms with van der Waals surface area (Å²) in [5.41, 5.74) is -1.14. The Morgan fingerprint density at radius 2 is 1.76 bits per heavy atom. The maximum Gasteiger partial charge on any atom is 0.339 e. The molecule has 2 aromatic carbocycles. The molecule has 150 valence electrons. The minimum atomic E-state index is -1.75. The van der Waals surface area contributed by atoms with E-state index in [0.717, 1.165) is 18.4 Å². The van der Waals surface area contributed by atoms with Crippen molar-refractivity contribution in [2.24, 2.45) is 0 Å². The monoisotopic (exact) mass is 441 g/mol. The number of methoxy groups -OCH3 is 1. The molecule has 0 unspecified atom stereocenters. The second-order valence-corrected chi connectivity index (χ2v) is 7.00. The van der Waals surface area contributed by atoms with Gasteiger partial charge in [-0.05, 0) is 17.7 Å². The van der Waals surface area contributed by atoms with Gasteiger partial charge in [-0.3, -0.25) is 4.79 Å². The van der Waals surface area contributed by atoms with Crippen molar-refractivity contribution in [3.05, 3.63) is 69.3 Å². The number of halogens is 4. The van der Waals surface area contributed by atoms with Gasteiger partial charge in [-0.2, -0.15) is 4.39 Å². The molecule has 0 fully saturated rings. The molecule has 0 aliphatic carbocycles. The third-order valence-corrected chi connectivity index (χ3v) is 5.21. The van der Waals surface area contributed by atoms with Crippen molar-refractivity contribution in [1.29, 1.82) is 0 Å². The molecule has 3 aromatic rings. The van der Waals surface area contributed by atoms with Crippen LogP contribution >= 0.6 is 22.9 Å². The Labute approximate surface area is 171 Å². The first kappa shape index (κ1) is 20.7. The van der Waals surface area contributed by atoms with Crippen molar-refractivity contribution in [3.63, 3.8) is 0 Å². The predicted molar refractivity (Wildman–Crippen MR) is 103 cm³/mol. The average Bonchev–Trinajstić information content (AvgIpc) is 3.09. The summed E-state index contributed by atoms with van der Waals surface area (Å²) < 4.78 is 46.6. The number of benzene rings is 2. The summed E-state index contributed by atoms with van der Waals surface area (Å²) in [6, 6.07) is 6.82. The summed E-state index contributed by atoms with van der Waals surface area (Å²) in [7, 11) is 1.01. The number of aromatic carboxylic acids is 1. The largest absolute Gasteiger partial charge is 0.493 e. The zero-order valence-electron chi connectivity index (χ0n) is 14.6. The number of ether oxygens (including phenoxy) is 1. The molecule has 2 N–H and O–H groups in total. The summed E-state index contributed by atoms with van der Waals surface area (Å²) in [5.74, 6) is -8.06. The van der Waals surface area contributed by atoms with Gasteiger partial charge in [0.1, 0.15) is 16.9 Å². The van der Waals surface area contributed by atoms with Crippen molar-refractivity contribution >= 4 is 40.5 Å². The topological polar surface area (TPSA) is 75.6 Å². The summed E-state index contributed by atoms with van der Waals surface area (Å²) in [4.78, 5) is 24.4. The molecule has 1 amide bonds. The highest BCUT2D eigenvalue weighted by atomic mass is 35.5. The van der Waals surface area contributed by atoms with Crippen LogP contribution in [0.4, 0.5) is 18.9 Å². The molecule has 1 heterocycles. The second kappa shape index (κ2) is 8.14. The van der Waals surface area contributed by atoms with E-state index >= 15 is 0 Å². The SMILES string of the molecule is COc1cc(F)c(C(=O)Nc2csc(-c3ccc(Cl)cc3)c2C(=O)O)c(F)c1F. The van der Waals surface area contributed by atoms with Crippen LogP contribution in [-0.2, 0) is 0 Å². The maximum absolute atomic E-state index is 14.1. The van der Waals surface area contributed by atoms with Gasteiger partial charge in [-0.25, -0.2) is 13.6 Å². The van der Waals surface area contributed by atoms with Crippen molar-refractivity contribution < 1.29 is 32.6 Å². The molecule has 0 spiro atoms. The normalized spacial score (nSPS) is 10.7. The summed E-state index contributed by atoms with van der Waals surface area (Å²) in [5, 5.41) is 13.4. The van der Waals surface area contributed by atoms with Gasteiger partial charge in [0.05, 0.1) is 17.7 Å². The molecule has 0 aliphatic rings. The molecule has 29 heavy (non-hydrogen) atoms. The van der Waals surface area contributed by atoms with Gasteiger partial charge in [0, 0.05) is 16.5 Å². The number of nitrogens with one attached hydrogen (secondary N) is 1. The van der Waals surface area contributed by atoms with Gasteiger partial charge in [0.15, 0.2) is 11.6 Å². The van der Waals surface area contributed by atoms with Crippen LogP contribution in [-0.4, -0.2) is 24.1 Å². The third kappa shape index (κ3) is 3.92. The first-order chi connectivity index (χ1) is 13.7. The first-order valence-corrected chi connectivity index (χ1v) is 9.13. The molecule has 0 saturated carbocycles. The molecule has 1 aromatic heterocycles. The fourth-order valence-electron chi connectivity index (χ4n) is 2.59. The van der Waals surface area contributed by atoms with Crippen LogP contribution in [0.2, 0.25) is 5.02 Å². The Kier molecular flexibility index (Phi) is 5.81. The lowest BCUT2D eigenvalue weighted by Gasteiger charge is -2.10. The van der Waals surface area contributed by atoms with Gasteiger partial charge < -0.3 is 15.2 Å². The Morgan fingerprint density at radius 1 is 1.10 bits per heavy atom. The number of amides is 1. The summed E-state index contributed by atoms with van der Waals surface area (Å²) in [6.07, 6.45) is 0. The van der Waals surface area contributed by atoms with Crippen LogP contribution in [0, 0.1) is 17.5 Å². The lowest BCUT2D eigenvalue weighted by atomic mass is 10.1. The smallest absolute Gasteiger partial charge is 0.339 e. The van der Waals surface area contributed by atoms with Gasteiger partial charge in [-0.15, -0.1) is 11.3 Å². The van der Waals surface area contributed by atoms with Crippen LogP contribution < -0.4 is 10.1 Å². The number of carbonyl (C=O) groups excluding carboxylic acids is 1. The number of rotatable bonds is 5. The zero-order valence-corrected chi connectivity index (χ0v) is 16.1. The van der Waals surface area contributed by atoms with E-state index in [-0.39, 0.29) is 11.3 Å². The highest BCUT2D eigenvalue weighted by molar-refractivity contribution is 7.14. The molecule has 0 aliphatic heterocycles. The van der Waals surface area contributed by atoms with Crippen molar-refractivity contribution in [3.8, 4) is 16.2 Å². The molecule has 3 rings (SSSR count). The van der Waals surface area contributed by atoms with Crippen LogP contribution in [0.3, 0.4) is 0 Å². The van der Waals surface area contributed by atoms with E-state index in [9.17, 15) is 27.9 Å². The molecule has 0 bridgehead atoms. The quantitative estimate of drug-likeness (QED) is 0.516. The Balaban J connectivity index is 2.01. The van der Waals surface area contributed by atoms with Crippen molar-refractivity contribution in [1.82, 2.24) is 0 Å². The summed E-state index contributed by atoms with van der Waals surface area (Å²) >= 11 is 6.82. The fourth-order valence-corrected chi connectivity index (χ4v) is 3.72. The number of anilines is 1. The maximum atomic E-state index is 14.1. The highest BCUT2D eigenvalue weighted by Crippen LogP contribution is 2.37. The van der Waals surface area contributed by atoms with Gasteiger partial charge >= 0.3 is 5.97 Å². The molecule has 0 radical (unpaired) electrons. The lowest BCUT2D eigenvalue weighted by molar-refractivity contribution is 0.0699. The van der Waals surface area contributed by atoms with Crippen LogP contribution in [0.15, 0.2) is 35.7 Å². The van der Waals surface area contributed by atoms with E-state index in [1.807, 2.05) is 0 Å². The molecule has 0 saturated heterocycles. The number of carbonyl (C=O) groups is 2. The predicted octanol–water partition coefficient (Wildman–Crippen LogP) is 5.44. The number of thiophene rings is 1. The van der Waals surface area contributed by atoms with Crippen LogP contribution in [0.5, 0.6) is 5.75 Å². The van der Waals surface area contributed by atoms with E-state index in [0.29, 0.717) is 21.5 Å².